The van der Waals surface area contributed by atoms with Crippen molar-refractivity contribution < 1.29 is 4.79 Å². The van der Waals surface area contributed by atoms with Crippen LogP contribution in [0.25, 0.3) is 0 Å². The van der Waals surface area contributed by atoms with Crippen LogP contribution in [0.1, 0.15) is 13.8 Å². The van der Waals surface area contributed by atoms with Crippen LogP contribution in [0.4, 0.5) is 5.82 Å². The van der Waals surface area contributed by atoms with Crippen molar-refractivity contribution in [3.05, 3.63) is 24.4 Å². The van der Waals surface area contributed by atoms with Crippen LogP contribution < -0.4 is 5.32 Å². The second kappa shape index (κ2) is 3.87. The van der Waals surface area contributed by atoms with Crippen LogP contribution in [0, 0.1) is 0 Å². The highest BCUT2D eigenvalue weighted by Gasteiger charge is 2.23. The Kier molecular flexibility index (Phi) is 3.03. The monoisotopic (exact) mass is 242 g/mol. The van der Waals surface area contributed by atoms with Gasteiger partial charge in [0.15, 0.2) is 0 Å². The second-order valence-electron chi connectivity index (χ2n) is 3.14. The number of nitrogens with zero attached hydrogens (tertiary/aromatic N) is 1. The number of anilines is 1. The minimum absolute atomic E-state index is 0.105. The number of nitrogens with one attached hydrogen (secondary N) is 1. The number of amides is 1. The predicted octanol–water partition coefficient (Wildman–Crippen LogP) is 2.19. The Hall–Kier alpha value is -0.900. The highest BCUT2D eigenvalue weighted by molar-refractivity contribution is 9.10. The molecule has 0 aromatic carbocycles. The summed E-state index contributed by atoms with van der Waals surface area (Å²) in [5, 5.41) is 2.68. The van der Waals surface area contributed by atoms with Crippen molar-refractivity contribution in [2.45, 2.75) is 18.2 Å². The maximum Gasteiger partial charge on any atom is 0.241 e. The standard InChI is InChI=1S/C9H11BrN2O/c1-9(2,10)8(13)12-7-5-3-4-6-11-7/h3-6H,1-2H3,(H,11,12,13). The zero-order valence-corrected chi connectivity index (χ0v) is 9.13. The van der Waals surface area contributed by atoms with Crippen molar-refractivity contribution in [1.29, 1.82) is 0 Å². The fourth-order valence-corrected chi connectivity index (χ4v) is 0.801. The first kappa shape index (κ1) is 10.2. The highest BCUT2D eigenvalue weighted by Crippen LogP contribution is 2.17. The Balaban J connectivity index is 2.66. The number of alkyl halides is 1. The number of aromatic nitrogens is 1. The molecule has 0 spiro atoms. The SMILES string of the molecule is CC(C)(Br)C(=O)Nc1ccccn1. The van der Waals surface area contributed by atoms with Crippen molar-refractivity contribution in [2.75, 3.05) is 5.32 Å². The molecule has 4 heteroatoms. The van der Waals surface area contributed by atoms with Crippen molar-refractivity contribution in [3.8, 4) is 0 Å². The van der Waals surface area contributed by atoms with Gasteiger partial charge in [-0.1, -0.05) is 22.0 Å². The molecule has 1 rings (SSSR count). The molecular formula is C9H11BrN2O. The minimum Gasteiger partial charge on any atom is -0.309 e. The smallest absolute Gasteiger partial charge is 0.241 e. The highest BCUT2D eigenvalue weighted by atomic mass is 79.9. The van der Waals surface area contributed by atoms with Crippen LogP contribution >= 0.6 is 15.9 Å². The molecule has 0 radical (unpaired) electrons. The molecule has 0 unspecified atom stereocenters. The summed E-state index contributed by atoms with van der Waals surface area (Å²) in [4.78, 5) is 15.4. The van der Waals surface area contributed by atoms with Gasteiger partial charge in [0.1, 0.15) is 5.82 Å². The minimum atomic E-state index is -0.565. The van der Waals surface area contributed by atoms with Gasteiger partial charge in [0.2, 0.25) is 5.91 Å². The number of halogens is 1. The maximum atomic E-state index is 11.4. The number of hydrogen-bond acceptors (Lipinski definition) is 2. The Morgan fingerprint density at radius 3 is 2.69 bits per heavy atom. The van der Waals surface area contributed by atoms with E-state index in [4.69, 9.17) is 0 Å². The second-order valence-corrected chi connectivity index (χ2v) is 5.12. The average molecular weight is 243 g/mol. The van der Waals surface area contributed by atoms with Crippen molar-refractivity contribution in [2.24, 2.45) is 0 Å². The lowest BCUT2D eigenvalue weighted by atomic mass is 10.2. The Morgan fingerprint density at radius 1 is 1.54 bits per heavy atom. The van der Waals surface area contributed by atoms with E-state index in [-0.39, 0.29) is 5.91 Å². The fourth-order valence-electron chi connectivity index (χ4n) is 0.702. The Bertz CT molecular complexity index is 292. The number of pyridine rings is 1. The molecule has 1 N–H and O–H groups in total. The molecule has 1 aromatic heterocycles. The van der Waals surface area contributed by atoms with E-state index in [9.17, 15) is 4.79 Å². The molecule has 1 heterocycles. The lowest BCUT2D eigenvalue weighted by molar-refractivity contribution is -0.117. The van der Waals surface area contributed by atoms with Gasteiger partial charge in [0.05, 0.1) is 4.32 Å². The molecule has 3 nitrogen and oxygen atoms in total. The normalized spacial score (nSPS) is 11.0. The number of hydrogen-bond donors (Lipinski definition) is 1. The van der Waals surface area contributed by atoms with Gasteiger partial charge in [-0.05, 0) is 26.0 Å². The molecule has 0 fully saturated rings. The predicted molar refractivity (Wildman–Crippen MR) is 55.9 cm³/mol. The van der Waals surface area contributed by atoms with Gasteiger partial charge in [-0.3, -0.25) is 4.79 Å². The molecule has 0 saturated heterocycles. The van der Waals surface area contributed by atoms with Crippen LogP contribution in [0.3, 0.4) is 0 Å². The lowest BCUT2D eigenvalue weighted by Crippen LogP contribution is -2.31. The van der Waals surface area contributed by atoms with E-state index in [0.29, 0.717) is 5.82 Å². The first-order valence-corrected chi connectivity index (χ1v) is 4.71. The summed E-state index contributed by atoms with van der Waals surface area (Å²) >= 11 is 3.26. The van der Waals surface area contributed by atoms with Gasteiger partial charge in [-0.15, -0.1) is 0 Å². The zero-order chi connectivity index (χ0) is 9.90. The molecule has 0 aliphatic heterocycles. The summed E-state index contributed by atoms with van der Waals surface area (Å²) in [5.41, 5.74) is 0. The lowest BCUT2D eigenvalue weighted by Gasteiger charge is -2.14. The van der Waals surface area contributed by atoms with E-state index in [1.54, 1.807) is 32.2 Å². The third-order valence-corrected chi connectivity index (χ3v) is 1.81. The average Bonchev–Trinajstić information content (AvgIpc) is 2.04. The van der Waals surface area contributed by atoms with Gasteiger partial charge < -0.3 is 5.32 Å². The van der Waals surface area contributed by atoms with Crippen LogP contribution in [0.2, 0.25) is 0 Å². The zero-order valence-electron chi connectivity index (χ0n) is 7.54. The van der Waals surface area contributed by atoms with E-state index in [1.165, 1.54) is 0 Å². The van der Waals surface area contributed by atoms with Crippen LogP contribution in [0.15, 0.2) is 24.4 Å². The molecule has 1 aromatic rings. The third-order valence-electron chi connectivity index (χ3n) is 1.45. The first-order chi connectivity index (χ1) is 6.00. The number of rotatable bonds is 2. The summed E-state index contributed by atoms with van der Waals surface area (Å²) in [7, 11) is 0. The number of carbonyl (C=O) groups excluding carboxylic acids is 1. The summed E-state index contributed by atoms with van der Waals surface area (Å²) in [6, 6.07) is 5.37. The quantitative estimate of drug-likeness (QED) is 0.809. The molecule has 1 amide bonds. The first-order valence-electron chi connectivity index (χ1n) is 3.91. The molecule has 13 heavy (non-hydrogen) atoms. The van der Waals surface area contributed by atoms with E-state index < -0.39 is 4.32 Å². The van der Waals surface area contributed by atoms with Crippen molar-refractivity contribution in [3.63, 3.8) is 0 Å². The van der Waals surface area contributed by atoms with Crippen LogP contribution in [-0.2, 0) is 4.79 Å². The van der Waals surface area contributed by atoms with Gasteiger partial charge in [0, 0.05) is 6.20 Å². The van der Waals surface area contributed by atoms with E-state index in [2.05, 4.69) is 26.2 Å². The molecule has 0 saturated carbocycles. The van der Waals surface area contributed by atoms with E-state index in [0.717, 1.165) is 0 Å². The Morgan fingerprint density at radius 2 is 2.23 bits per heavy atom. The third kappa shape index (κ3) is 3.14. The molecule has 0 aliphatic carbocycles. The summed E-state index contributed by atoms with van der Waals surface area (Å²) in [6.45, 7) is 3.57. The molecule has 0 atom stereocenters. The number of carbonyl (C=O) groups is 1. The molecule has 0 bridgehead atoms. The van der Waals surface area contributed by atoms with Crippen LogP contribution in [0.5, 0.6) is 0 Å². The summed E-state index contributed by atoms with van der Waals surface area (Å²) in [6.07, 6.45) is 1.64. The fraction of sp³-hybridized carbons (Fsp3) is 0.333. The Labute approximate surface area is 85.7 Å². The van der Waals surface area contributed by atoms with Gasteiger partial charge in [-0.2, -0.15) is 0 Å². The van der Waals surface area contributed by atoms with Crippen molar-refractivity contribution >= 4 is 27.7 Å². The molecule has 70 valence electrons. The largest absolute Gasteiger partial charge is 0.309 e. The van der Waals surface area contributed by atoms with E-state index >= 15 is 0 Å². The molecular weight excluding hydrogens is 232 g/mol. The van der Waals surface area contributed by atoms with Gasteiger partial charge in [0.25, 0.3) is 0 Å². The van der Waals surface area contributed by atoms with Gasteiger partial charge in [-0.25, -0.2) is 4.98 Å². The summed E-state index contributed by atoms with van der Waals surface area (Å²) in [5.74, 6) is 0.464. The maximum absolute atomic E-state index is 11.4. The summed E-state index contributed by atoms with van der Waals surface area (Å²) < 4.78 is -0.565. The van der Waals surface area contributed by atoms with Crippen molar-refractivity contribution in [1.82, 2.24) is 4.98 Å². The molecule has 0 aliphatic rings. The van der Waals surface area contributed by atoms with Gasteiger partial charge >= 0.3 is 0 Å². The van der Waals surface area contributed by atoms with E-state index in [1.807, 2.05) is 6.07 Å². The van der Waals surface area contributed by atoms with Crippen LogP contribution in [-0.4, -0.2) is 15.2 Å². The topological polar surface area (TPSA) is 42.0 Å².